The Hall–Kier alpha value is -2.33. The maximum absolute atomic E-state index is 13.3. The van der Waals surface area contributed by atoms with Gasteiger partial charge in [-0.3, -0.25) is 4.79 Å². The number of amides is 1. The third kappa shape index (κ3) is 3.42. The lowest BCUT2D eigenvalue weighted by molar-refractivity contribution is 0.0750. The molecular weight excluding hydrogens is 364 g/mol. The van der Waals surface area contributed by atoms with Crippen molar-refractivity contribution in [3.8, 4) is 0 Å². The number of hydrogen-bond donors (Lipinski definition) is 0. The standard InChI is InChI=1S/C24H28N2OS/c1-4-8-20-19-10-5-6-12-22(19)28-23(20)24(27)26-15-13-25(14-16-26)21-11-7-9-17(2)18(21)3/h5-7,9-12H,4,8,13-16H2,1-3H3. The summed E-state index contributed by atoms with van der Waals surface area (Å²) in [5.74, 6) is 0.213. The second-order valence-electron chi connectivity index (χ2n) is 7.65. The molecule has 1 aromatic heterocycles. The number of rotatable bonds is 4. The van der Waals surface area contributed by atoms with Gasteiger partial charge in [-0.2, -0.15) is 0 Å². The summed E-state index contributed by atoms with van der Waals surface area (Å²) >= 11 is 1.66. The van der Waals surface area contributed by atoms with Crippen molar-refractivity contribution in [1.82, 2.24) is 4.90 Å². The quantitative estimate of drug-likeness (QED) is 0.591. The van der Waals surface area contributed by atoms with E-state index in [0.29, 0.717) is 0 Å². The number of anilines is 1. The number of carbonyl (C=O) groups is 1. The molecule has 0 aliphatic carbocycles. The molecular formula is C24H28N2OS. The first kappa shape index (κ1) is 19.0. The predicted molar refractivity (Wildman–Crippen MR) is 120 cm³/mol. The molecule has 0 saturated carbocycles. The molecule has 1 saturated heterocycles. The van der Waals surface area contributed by atoms with Gasteiger partial charge in [-0.1, -0.05) is 43.7 Å². The molecule has 1 amide bonds. The third-order valence-corrected chi connectivity index (χ3v) is 7.08. The van der Waals surface area contributed by atoms with Crippen molar-refractivity contribution < 1.29 is 4.79 Å². The van der Waals surface area contributed by atoms with E-state index >= 15 is 0 Å². The second kappa shape index (κ2) is 7.96. The topological polar surface area (TPSA) is 23.6 Å². The highest BCUT2D eigenvalue weighted by molar-refractivity contribution is 7.21. The van der Waals surface area contributed by atoms with E-state index in [9.17, 15) is 4.79 Å². The number of thiophene rings is 1. The van der Waals surface area contributed by atoms with Crippen LogP contribution in [0.25, 0.3) is 10.1 Å². The third-order valence-electron chi connectivity index (χ3n) is 5.88. The molecule has 3 nitrogen and oxygen atoms in total. The van der Waals surface area contributed by atoms with Crippen LogP contribution in [0.2, 0.25) is 0 Å². The molecule has 0 unspecified atom stereocenters. The molecule has 2 heterocycles. The summed E-state index contributed by atoms with van der Waals surface area (Å²) in [4.78, 5) is 18.8. The molecule has 3 aromatic rings. The molecule has 0 bridgehead atoms. The number of carbonyl (C=O) groups excluding carboxylic acids is 1. The Morgan fingerprint density at radius 3 is 2.50 bits per heavy atom. The number of benzene rings is 2. The summed E-state index contributed by atoms with van der Waals surface area (Å²) in [5.41, 5.74) is 5.22. The van der Waals surface area contributed by atoms with Gasteiger partial charge in [0.05, 0.1) is 4.88 Å². The Balaban J connectivity index is 1.54. The number of piperazine rings is 1. The first-order valence-electron chi connectivity index (χ1n) is 10.2. The molecule has 1 aliphatic heterocycles. The molecule has 0 N–H and O–H groups in total. The predicted octanol–water partition coefficient (Wildman–Crippen LogP) is 5.43. The van der Waals surface area contributed by atoms with E-state index in [0.717, 1.165) is 43.9 Å². The maximum atomic E-state index is 13.3. The average Bonchev–Trinajstić information content (AvgIpc) is 3.09. The van der Waals surface area contributed by atoms with E-state index in [1.807, 2.05) is 4.90 Å². The van der Waals surface area contributed by atoms with Crippen LogP contribution in [-0.4, -0.2) is 37.0 Å². The van der Waals surface area contributed by atoms with Gasteiger partial charge in [0.25, 0.3) is 5.91 Å². The van der Waals surface area contributed by atoms with Crippen LogP contribution in [0.4, 0.5) is 5.69 Å². The minimum atomic E-state index is 0.213. The van der Waals surface area contributed by atoms with Crippen LogP contribution in [0.5, 0.6) is 0 Å². The molecule has 0 spiro atoms. The van der Waals surface area contributed by atoms with Gasteiger partial charge in [-0.25, -0.2) is 0 Å². The van der Waals surface area contributed by atoms with Crippen LogP contribution in [0, 0.1) is 13.8 Å². The Morgan fingerprint density at radius 1 is 1.00 bits per heavy atom. The van der Waals surface area contributed by atoms with Crippen LogP contribution in [-0.2, 0) is 6.42 Å². The largest absolute Gasteiger partial charge is 0.368 e. The summed E-state index contributed by atoms with van der Waals surface area (Å²) in [6, 6.07) is 14.9. The number of fused-ring (bicyclic) bond motifs is 1. The van der Waals surface area contributed by atoms with Gasteiger partial charge in [0.1, 0.15) is 0 Å². The lowest BCUT2D eigenvalue weighted by Crippen LogP contribution is -2.49. The van der Waals surface area contributed by atoms with E-state index in [1.54, 1.807) is 11.3 Å². The molecule has 4 rings (SSSR count). The highest BCUT2D eigenvalue weighted by Gasteiger charge is 2.26. The molecule has 0 radical (unpaired) electrons. The van der Waals surface area contributed by atoms with E-state index in [4.69, 9.17) is 0 Å². The van der Waals surface area contributed by atoms with Gasteiger partial charge in [0.2, 0.25) is 0 Å². The van der Waals surface area contributed by atoms with E-state index in [2.05, 4.69) is 68.1 Å². The highest BCUT2D eigenvalue weighted by Crippen LogP contribution is 2.33. The summed E-state index contributed by atoms with van der Waals surface area (Å²) in [6.07, 6.45) is 2.02. The van der Waals surface area contributed by atoms with E-state index in [-0.39, 0.29) is 5.91 Å². The zero-order valence-electron chi connectivity index (χ0n) is 17.0. The molecule has 4 heteroatoms. The SMILES string of the molecule is CCCc1c(C(=O)N2CCN(c3cccc(C)c3C)CC2)sc2ccccc12. The smallest absolute Gasteiger partial charge is 0.264 e. The zero-order valence-corrected chi connectivity index (χ0v) is 17.8. The number of hydrogen-bond acceptors (Lipinski definition) is 3. The fourth-order valence-corrected chi connectivity index (χ4v) is 5.36. The van der Waals surface area contributed by atoms with E-state index in [1.165, 1.54) is 32.5 Å². The molecule has 146 valence electrons. The normalized spacial score (nSPS) is 14.7. The number of aryl methyl sites for hydroxylation is 2. The fraction of sp³-hybridized carbons (Fsp3) is 0.375. The summed E-state index contributed by atoms with van der Waals surface area (Å²) in [5, 5.41) is 1.26. The Labute approximate surface area is 171 Å². The number of nitrogens with zero attached hydrogens (tertiary/aromatic N) is 2. The van der Waals surface area contributed by atoms with Gasteiger partial charge < -0.3 is 9.80 Å². The van der Waals surface area contributed by atoms with E-state index < -0.39 is 0 Å². The van der Waals surface area contributed by atoms with Crippen LogP contribution in [0.1, 0.15) is 39.7 Å². The van der Waals surface area contributed by atoms with Crippen molar-refractivity contribution in [3.63, 3.8) is 0 Å². The monoisotopic (exact) mass is 392 g/mol. The maximum Gasteiger partial charge on any atom is 0.264 e. The van der Waals surface area contributed by atoms with Gasteiger partial charge in [-0.15, -0.1) is 11.3 Å². The first-order chi connectivity index (χ1) is 13.6. The Kier molecular flexibility index (Phi) is 5.40. The molecule has 0 atom stereocenters. The second-order valence-corrected chi connectivity index (χ2v) is 8.71. The highest BCUT2D eigenvalue weighted by atomic mass is 32.1. The van der Waals surface area contributed by atoms with Crippen molar-refractivity contribution in [2.24, 2.45) is 0 Å². The van der Waals surface area contributed by atoms with Crippen LogP contribution >= 0.6 is 11.3 Å². The van der Waals surface area contributed by atoms with Crippen molar-refractivity contribution in [2.75, 3.05) is 31.1 Å². The summed E-state index contributed by atoms with van der Waals surface area (Å²) in [7, 11) is 0. The van der Waals surface area contributed by atoms with Crippen LogP contribution < -0.4 is 4.90 Å². The molecule has 1 aliphatic rings. The lowest BCUT2D eigenvalue weighted by Gasteiger charge is -2.37. The Bertz CT molecular complexity index is 999. The summed E-state index contributed by atoms with van der Waals surface area (Å²) in [6.45, 7) is 9.89. The van der Waals surface area contributed by atoms with Gasteiger partial charge in [0.15, 0.2) is 0 Å². The van der Waals surface area contributed by atoms with Gasteiger partial charge in [0, 0.05) is 36.6 Å². The van der Waals surface area contributed by atoms with Crippen molar-refractivity contribution >= 4 is 33.0 Å². The fourth-order valence-electron chi connectivity index (χ4n) is 4.14. The van der Waals surface area contributed by atoms with Crippen LogP contribution in [0.3, 0.4) is 0 Å². The first-order valence-corrected chi connectivity index (χ1v) is 11.0. The molecule has 1 fully saturated rings. The van der Waals surface area contributed by atoms with Crippen molar-refractivity contribution in [1.29, 1.82) is 0 Å². The van der Waals surface area contributed by atoms with Gasteiger partial charge >= 0.3 is 0 Å². The minimum Gasteiger partial charge on any atom is -0.368 e. The molecule has 28 heavy (non-hydrogen) atoms. The average molecular weight is 393 g/mol. The zero-order chi connectivity index (χ0) is 19.7. The minimum absolute atomic E-state index is 0.213. The van der Waals surface area contributed by atoms with Crippen molar-refractivity contribution in [3.05, 3.63) is 64.0 Å². The van der Waals surface area contributed by atoms with Crippen molar-refractivity contribution in [2.45, 2.75) is 33.6 Å². The van der Waals surface area contributed by atoms with Gasteiger partial charge in [-0.05, 0) is 54.5 Å². The summed E-state index contributed by atoms with van der Waals surface area (Å²) < 4.78 is 1.23. The Morgan fingerprint density at radius 2 is 1.75 bits per heavy atom. The molecule has 2 aromatic carbocycles. The van der Waals surface area contributed by atoms with Crippen LogP contribution in [0.15, 0.2) is 42.5 Å². The lowest BCUT2D eigenvalue weighted by atomic mass is 10.0.